The molecule has 0 bridgehead atoms. The fourth-order valence-corrected chi connectivity index (χ4v) is 2.80. The Morgan fingerprint density at radius 3 is 2.85 bits per heavy atom. The van der Waals surface area contributed by atoms with Crippen LogP contribution in [0.5, 0.6) is 17.2 Å². The number of hydrogen-bond acceptors (Lipinski definition) is 5. The molecule has 1 unspecified atom stereocenters. The lowest BCUT2D eigenvalue weighted by Gasteiger charge is -2.14. The zero-order valence-corrected chi connectivity index (χ0v) is 14.7. The lowest BCUT2D eigenvalue weighted by atomic mass is 10.1. The quantitative estimate of drug-likeness (QED) is 0.557. The van der Waals surface area contributed by atoms with Crippen molar-refractivity contribution in [2.75, 3.05) is 6.79 Å². The fourth-order valence-electron chi connectivity index (χ4n) is 2.80. The van der Waals surface area contributed by atoms with Gasteiger partial charge in [0, 0.05) is 5.39 Å². The number of ether oxygens (including phenoxy) is 3. The van der Waals surface area contributed by atoms with E-state index >= 15 is 0 Å². The van der Waals surface area contributed by atoms with Crippen molar-refractivity contribution in [3.8, 4) is 17.2 Å². The van der Waals surface area contributed by atoms with Crippen LogP contribution in [-0.2, 0) is 4.79 Å². The Bertz CT molecular complexity index is 1010. The molecule has 6 nitrogen and oxygen atoms in total. The van der Waals surface area contributed by atoms with Crippen molar-refractivity contribution in [3.63, 3.8) is 0 Å². The van der Waals surface area contributed by atoms with Crippen LogP contribution in [0, 0.1) is 0 Å². The van der Waals surface area contributed by atoms with Gasteiger partial charge in [-0.25, -0.2) is 5.43 Å². The molecule has 0 fully saturated rings. The molecule has 1 N–H and O–H groups in total. The van der Waals surface area contributed by atoms with Crippen LogP contribution in [0.15, 0.2) is 65.8 Å². The molecule has 0 spiro atoms. The minimum absolute atomic E-state index is 0.218. The van der Waals surface area contributed by atoms with Gasteiger partial charge < -0.3 is 14.2 Å². The third kappa shape index (κ3) is 3.69. The van der Waals surface area contributed by atoms with Gasteiger partial charge in [0.1, 0.15) is 5.75 Å². The average Bonchev–Trinajstić information content (AvgIpc) is 3.16. The number of nitrogens with one attached hydrogen (secondary N) is 1. The van der Waals surface area contributed by atoms with Gasteiger partial charge in [-0.15, -0.1) is 0 Å². The molecule has 1 aliphatic heterocycles. The van der Waals surface area contributed by atoms with Crippen molar-refractivity contribution in [2.24, 2.45) is 5.10 Å². The summed E-state index contributed by atoms with van der Waals surface area (Å²) in [6.07, 6.45) is 0.856. The Labute approximate surface area is 156 Å². The highest BCUT2D eigenvalue weighted by Gasteiger charge is 2.15. The predicted molar refractivity (Wildman–Crippen MR) is 102 cm³/mol. The summed E-state index contributed by atoms with van der Waals surface area (Å²) in [7, 11) is 0. The van der Waals surface area contributed by atoms with Crippen LogP contribution in [-0.4, -0.2) is 25.0 Å². The summed E-state index contributed by atoms with van der Waals surface area (Å²) in [5.41, 5.74) is 3.29. The van der Waals surface area contributed by atoms with Crippen LogP contribution < -0.4 is 19.6 Å². The zero-order chi connectivity index (χ0) is 18.6. The molecule has 4 rings (SSSR count). The first-order valence-corrected chi connectivity index (χ1v) is 8.58. The number of carbonyl (C=O) groups excluding carboxylic acids is 1. The second kappa shape index (κ2) is 7.37. The summed E-state index contributed by atoms with van der Waals surface area (Å²) >= 11 is 0. The topological polar surface area (TPSA) is 69.2 Å². The number of amides is 1. The second-order valence-electron chi connectivity index (χ2n) is 6.08. The molecule has 3 aromatic rings. The van der Waals surface area contributed by atoms with Crippen LogP contribution in [0.1, 0.15) is 12.5 Å². The summed E-state index contributed by atoms with van der Waals surface area (Å²) in [6, 6.07) is 19.1. The maximum Gasteiger partial charge on any atom is 0.280 e. The number of benzene rings is 3. The van der Waals surface area contributed by atoms with E-state index in [4.69, 9.17) is 14.2 Å². The first-order chi connectivity index (χ1) is 13.2. The Kier molecular flexibility index (Phi) is 4.61. The molecule has 1 aliphatic rings. The molecule has 1 atom stereocenters. The molecule has 136 valence electrons. The number of carbonyl (C=O) groups is 1. The van der Waals surface area contributed by atoms with E-state index in [1.54, 1.807) is 25.3 Å². The molecular formula is C21H18N2O4. The van der Waals surface area contributed by atoms with Gasteiger partial charge in [-0.2, -0.15) is 5.10 Å². The number of hydrazone groups is 1. The van der Waals surface area contributed by atoms with Gasteiger partial charge in [-0.3, -0.25) is 4.79 Å². The molecule has 6 heteroatoms. The second-order valence-corrected chi connectivity index (χ2v) is 6.08. The van der Waals surface area contributed by atoms with E-state index in [2.05, 4.69) is 10.5 Å². The summed E-state index contributed by atoms with van der Waals surface area (Å²) in [4.78, 5) is 12.3. The Hall–Kier alpha value is -3.54. The van der Waals surface area contributed by atoms with E-state index in [-0.39, 0.29) is 12.7 Å². The van der Waals surface area contributed by atoms with Gasteiger partial charge in [0.25, 0.3) is 5.91 Å². The van der Waals surface area contributed by atoms with Gasteiger partial charge in [0.15, 0.2) is 17.6 Å². The van der Waals surface area contributed by atoms with Crippen molar-refractivity contribution in [1.82, 2.24) is 5.43 Å². The molecule has 0 saturated heterocycles. The van der Waals surface area contributed by atoms with E-state index in [1.165, 1.54) is 0 Å². The molecule has 0 saturated carbocycles. The lowest BCUT2D eigenvalue weighted by molar-refractivity contribution is -0.127. The highest BCUT2D eigenvalue weighted by molar-refractivity contribution is 5.89. The smallest absolute Gasteiger partial charge is 0.280 e. The normalized spacial score (nSPS) is 13.7. The van der Waals surface area contributed by atoms with Gasteiger partial charge in [-0.1, -0.05) is 36.4 Å². The number of nitrogens with zero attached hydrogens (tertiary/aromatic N) is 1. The van der Waals surface area contributed by atoms with Gasteiger partial charge >= 0.3 is 0 Å². The van der Waals surface area contributed by atoms with Crippen LogP contribution in [0.25, 0.3) is 10.8 Å². The number of fused-ring (bicyclic) bond motifs is 2. The van der Waals surface area contributed by atoms with Gasteiger partial charge in [-0.05, 0) is 42.1 Å². The molecule has 1 amide bonds. The monoisotopic (exact) mass is 362 g/mol. The largest absolute Gasteiger partial charge is 0.480 e. The number of rotatable bonds is 5. The van der Waals surface area contributed by atoms with Crippen LogP contribution in [0.4, 0.5) is 0 Å². The van der Waals surface area contributed by atoms with Gasteiger partial charge in [0.05, 0.1) is 6.21 Å². The maximum atomic E-state index is 12.3. The Balaban J connectivity index is 1.39. The van der Waals surface area contributed by atoms with Crippen molar-refractivity contribution in [3.05, 3.63) is 66.2 Å². The van der Waals surface area contributed by atoms with E-state index in [9.17, 15) is 4.79 Å². The molecule has 3 aromatic carbocycles. The maximum absolute atomic E-state index is 12.3. The first kappa shape index (κ1) is 16.9. The first-order valence-electron chi connectivity index (χ1n) is 8.58. The van der Waals surface area contributed by atoms with E-state index in [0.717, 1.165) is 16.3 Å². The molecule has 0 radical (unpaired) electrons. The molecular weight excluding hydrogens is 344 g/mol. The summed E-state index contributed by atoms with van der Waals surface area (Å²) in [5, 5.41) is 6.01. The SMILES string of the molecule is CC(Oc1cccc2ccccc12)C(=O)N/N=C/c1ccc2c(c1)OCO2. The molecule has 27 heavy (non-hydrogen) atoms. The average molecular weight is 362 g/mol. The fraction of sp³-hybridized carbons (Fsp3) is 0.143. The zero-order valence-electron chi connectivity index (χ0n) is 14.7. The van der Waals surface area contributed by atoms with Gasteiger partial charge in [0.2, 0.25) is 6.79 Å². The third-order valence-electron chi connectivity index (χ3n) is 4.21. The van der Waals surface area contributed by atoms with Crippen molar-refractivity contribution in [2.45, 2.75) is 13.0 Å². The van der Waals surface area contributed by atoms with Crippen LogP contribution in [0.2, 0.25) is 0 Å². The minimum atomic E-state index is -0.690. The number of hydrogen-bond donors (Lipinski definition) is 1. The van der Waals surface area contributed by atoms with E-state index in [0.29, 0.717) is 17.2 Å². The molecule has 0 aromatic heterocycles. The highest BCUT2D eigenvalue weighted by atomic mass is 16.7. The van der Waals surface area contributed by atoms with E-state index < -0.39 is 6.10 Å². The van der Waals surface area contributed by atoms with E-state index in [1.807, 2.05) is 48.5 Å². The van der Waals surface area contributed by atoms with Crippen LogP contribution >= 0.6 is 0 Å². The molecule has 0 aliphatic carbocycles. The molecule has 1 heterocycles. The van der Waals surface area contributed by atoms with Crippen molar-refractivity contribution in [1.29, 1.82) is 0 Å². The standard InChI is InChI=1S/C21H18N2O4/c1-14(27-18-8-4-6-16-5-2-3-7-17(16)18)21(24)23-22-12-15-9-10-19-20(11-15)26-13-25-19/h2-12,14H,13H2,1H3,(H,23,24)/b22-12+. The third-order valence-corrected chi connectivity index (χ3v) is 4.21. The summed E-state index contributed by atoms with van der Waals surface area (Å²) in [6.45, 7) is 1.91. The lowest BCUT2D eigenvalue weighted by Crippen LogP contribution is -2.33. The Morgan fingerprint density at radius 2 is 1.93 bits per heavy atom. The summed E-state index contributed by atoms with van der Waals surface area (Å²) < 4.78 is 16.4. The van der Waals surface area contributed by atoms with Crippen molar-refractivity contribution >= 4 is 22.9 Å². The summed E-state index contributed by atoms with van der Waals surface area (Å²) in [5.74, 6) is 1.70. The highest BCUT2D eigenvalue weighted by Crippen LogP contribution is 2.32. The van der Waals surface area contributed by atoms with Crippen molar-refractivity contribution < 1.29 is 19.0 Å². The Morgan fingerprint density at radius 1 is 1.11 bits per heavy atom. The van der Waals surface area contributed by atoms with Crippen LogP contribution in [0.3, 0.4) is 0 Å². The predicted octanol–water partition coefficient (Wildman–Crippen LogP) is 3.49. The minimum Gasteiger partial charge on any atom is -0.480 e.